The largest absolute Gasteiger partial charge is 0.436 e. The topological polar surface area (TPSA) is 52.0 Å². The Morgan fingerprint density at radius 2 is 2.00 bits per heavy atom. The van der Waals surface area contributed by atoms with E-state index in [-0.39, 0.29) is 0 Å². The van der Waals surface area contributed by atoms with Crippen LogP contribution in [0.25, 0.3) is 22.6 Å². The van der Waals surface area contributed by atoms with Crippen LogP contribution in [0.4, 0.5) is 0 Å². The van der Waals surface area contributed by atoms with E-state index in [1.807, 2.05) is 36.4 Å². The van der Waals surface area contributed by atoms with E-state index in [4.69, 9.17) is 10.2 Å². The highest BCUT2D eigenvalue weighted by atomic mass is 16.3. The summed E-state index contributed by atoms with van der Waals surface area (Å²) in [5, 5.41) is 0. The molecular weight excluding hydrogens is 236 g/mol. The van der Waals surface area contributed by atoms with E-state index in [9.17, 15) is 0 Å². The molecule has 0 saturated carbocycles. The van der Waals surface area contributed by atoms with E-state index in [2.05, 4.69) is 18.0 Å². The number of hydrogen-bond donors (Lipinski definition) is 1. The minimum Gasteiger partial charge on any atom is -0.436 e. The van der Waals surface area contributed by atoms with Gasteiger partial charge < -0.3 is 10.2 Å². The molecule has 3 nitrogen and oxygen atoms in total. The lowest BCUT2D eigenvalue weighted by atomic mass is 10.1. The van der Waals surface area contributed by atoms with Crippen LogP contribution in [0.5, 0.6) is 0 Å². The van der Waals surface area contributed by atoms with Crippen molar-refractivity contribution in [2.75, 3.05) is 6.54 Å². The average Bonchev–Trinajstić information content (AvgIpc) is 2.82. The molecule has 0 unspecified atom stereocenters. The third kappa shape index (κ3) is 2.25. The molecule has 0 atom stereocenters. The lowest BCUT2D eigenvalue weighted by Gasteiger charge is -1.98. The first-order chi connectivity index (χ1) is 9.28. The fourth-order valence-corrected chi connectivity index (χ4v) is 2.22. The van der Waals surface area contributed by atoms with Crippen molar-refractivity contribution in [3.05, 3.63) is 53.6 Å². The number of nitrogens with two attached hydrogens (primary N) is 1. The van der Waals surface area contributed by atoms with Crippen LogP contribution in [0.1, 0.15) is 11.1 Å². The Kier molecular flexibility index (Phi) is 3.05. The lowest BCUT2D eigenvalue weighted by Crippen LogP contribution is -2.02. The van der Waals surface area contributed by atoms with Crippen LogP contribution in [0.15, 0.2) is 46.9 Å². The van der Waals surface area contributed by atoms with Crippen molar-refractivity contribution in [3.8, 4) is 11.5 Å². The van der Waals surface area contributed by atoms with Crippen LogP contribution in [-0.2, 0) is 6.42 Å². The summed E-state index contributed by atoms with van der Waals surface area (Å²) in [6.45, 7) is 2.71. The number of fused-ring (bicyclic) bond motifs is 1. The average molecular weight is 252 g/mol. The maximum absolute atomic E-state index is 5.83. The molecule has 3 aromatic rings. The Morgan fingerprint density at radius 3 is 2.79 bits per heavy atom. The summed E-state index contributed by atoms with van der Waals surface area (Å²) in [6.07, 6.45) is 0.864. The summed E-state index contributed by atoms with van der Waals surface area (Å²) >= 11 is 0. The van der Waals surface area contributed by atoms with Gasteiger partial charge in [-0.2, -0.15) is 0 Å². The van der Waals surface area contributed by atoms with Gasteiger partial charge in [-0.15, -0.1) is 0 Å². The van der Waals surface area contributed by atoms with Crippen LogP contribution < -0.4 is 5.73 Å². The smallest absolute Gasteiger partial charge is 0.227 e. The van der Waals surface area contributed by atoms with E-state index in [1.165, 1.54) is 5.56 Å². The summed E-state index contributed by atoms with van der Waals surface area (Å²) in [4.78, 5) is 4.58. The second kappa shape index (κ2) is 4.86. The van der Waals surface area contributed by atoms with Gasteiger partial charge in [-0.05, 0) is 49.2 Å². The van der Waals surface area contributed by atoms with Gasteiger partial charge >= 0.3 is 0 Å². The molecule has 0 aliphatic heterocycles. The molecule has 0 aliphatic rings. The van der Waals surface area contributed by atoms with Gasteiger partial charge in [0.2, 0.25) is 5.89 Å². The predicted octanol–water partition coefficient (Wildman–Crippen LogP) is 3.30. The van der Waals surface area contributed by atoms with E-state index in [0.29, 0.717) is 12.4 Å². The Morgan fingerprint density at radius 1 is 1.16 bits per heavy atom. The first kappa shape index (κ1) is 11.9. The zero-order chi connectivity index (χ0) is 13.2. The van der Waals surface area contributed by atoms with E-state index in [1.54, 1.807) is 0 Å². The SMILES string of the molecule is Cc1ccccc1-c1nc2cc(CCN)ccc2o1. The molecule has 0 saturated heterocycles. The van der Waals surface area contributed by atoms with Gasteiger partial charge in [-0.25, -0.2) is 4.98 Å². The molecule has 2 N–H and O–H groups in total. The predicted molar refractivity (Wildman–Crippen MR) is 76.9 cm³/mol. The highest BCUT2D eigenvalue weighted by Gasteiger charge is 2.10. The van der Waals surface area contributed by atoms with Crippen molar-refractivity contribution in [2.24, 2.45) is 5.73 Å². The molecule has 0 fully saturated rings. The monoisotopic (exact) mass is 252 g/mol. The summed E-state index contributed by atoms with van der Waals surface area (Å²) in [5.41, 5.74) is 10.7. The molecule has 0 amide bonds. The number of aromatic nitrogens is 1. The summed E-state index contributed by atoms with van der Waals surface area (Å²) < 4.78 is 5.83. The van der Waals surface area contributed by atoms with Crippen LogP contribution in [-0.4, -0.2) is 11.5 Å². The highest BCUT2D eigenvalue weighted by Crippen LogP contribution is 2.27. The molecular formula is C16H16N2O. The number of hydrogen-bond acceptors (Lipinski definition) is 3. The fraction of sp³-hybridized carbons (Fsp3) is 0.188. The number of rotatable bonds is 3. The Labute approximate surface area is 112 Å². The van der Waals surface area contributed by atoms with E-state index < -0.39 is 0 Å². The number of aryl methyl sites for hydroxylation is 1. The molecule has 19 heavy (non-hydrogen) atoms. The third-order valence-electron chi connectivity index (χ3n) is 3.26. The van der Waals surface area contributed by atoms with Crippen molar-refractivity contribution in [1.82, 2.24) is 4.98 Å². The van der Waals surface area contributed by atoms with Crippen molar-refractivity contribution >= 4 is 11.1 Å². The van der Waals surface area contributed by atoms with Crippen molar-refractivity contribution < 1.29 is 4.42 Å². The minimum atomic E-state index is 0.647. The van der Waals surface area contributed by atoms with Crippen LogP contribution in [0.3, 0.4) is 0 Å². The van der Waals surface area contributed by atoms with Crippen LogP contribution in [0, 0.1) is 6.92 Å². The first-order valence-corrected chi connectivity index (χ1v) is 6.43. The molecule has 0 bridgehead atoms. The molecule has 0 aliphatic carbocycles. The molecule has 1 heterocycles. The zero-order valence-electron chi connectivity index (χ0n) is 10.9. The van der Waals surface area contributed by atoms with Crippen molar-refractivity contribution in [1.29, 1.82) is 0 Å². The molecule has 0 spiro atoms. The molecule has 3 heteroatoms. The number of benzene rings is 2. The summed E-state index contributed by atoms with van der Waals surface area (Å²) in [5.74, 6) is 0.679. The van der Waals surface area contributed by atoms with Crippen molar-refractivity contribution in [2.45, 2.75) is 13.3 Å². The highest BCUT2D eigenvalue weighted by molar-refractivity contribution is 5.77. The lowest BCUT2D eigenvalue weighted by molar-refractivity contribution is 0.619. The zero-order valence-corrected chi connectivity index (χ0v) is 10.9. The normalized spacial score (nSPS) is 11.1. The standard InChI is InChI=1S/C16H16N2O/c1-11-4-2-3-5-13(11)16-18-14-10-12(8-9-17)6-7-15(14)19-16/h2-7,10H,8-9,17H2,1H3. The summed E-state index contributed by atoms with van der Waals surface area (Å²) in [6, 6.07) is 14.2. The molecule has 1 aromatic heterocycles. The van der Waals surface area contributed by atoms with Gasteiger partial charge in [0.15, 0.2) is 5.58 Å². The Hall–Kier alpha value is -2.13. The van der Waals surface area contributed by atoms with Gasteiger partial charge in [-0.3, -0.25) is 0 Å². The van der Waals surface area contributed by atoms with Crippen molar-refractivity contribution in [3.63, 3.8) is 0 Å². The van der Waals surface area contributed by atoms with Gasteiger partial charge in [-0.1, -0.05) is 24.3 Å². The number of oxazole rings is 1. The first-order valence-electron chi connectivity index (χ1n) is 6.43. The maximum Gasteiger partial charge on any atom is 0.227 e. The second-order valence-corrected chi connectivity index (χ2v) is 4.67. The van der Waals surface area contributed by atoms with Crippen LogP contribution >= 0.6 is 0 Å². The maximum atomic E-state index is 5.83. The van der Waals surface area contributed by atoms with Gasteiger partial charge in [0.05, 0.1) is 0 Å². The van der Waals surface area contributed by atoms with E-state index in [0.717, 1.165) is 28.6 Å². The van der Waals surface area contributed by atoms with E-state index >= 15 is 0 Å². The molecule has 96 valence electrons. The third-order valence-corrected chi connectivity index (χ3v) is 3.26. The Balaban J connectivity index is 2.09. The Bertz CT molecular complexity index is 716. The molecule has 0 radical (unpaired) electrons. The fourth-order valence-electron chi connectivity index (χ4n) is 2.22. The van der Waals surface area contributed by atoms with Gasteiger partial charge in [0, 0.05) is 5.56 Å². The summed E-state index contributed by atoms with van der Waals surface area (Å²) in [7, 11) is 0. The second-order valence-electron chi connectivity index (χ2n) is 4.67. The molecule has 2 aromatic carbocycles. The van der Waals surface area contributed by atoms with Gasteiger partial charge in [0.25, 0.3) is 0 Å². The minimum absolute atomic E-state index is 0.647. The van der Waals surface area contributed by atoms with Gasteiger partial charge in [0.1, 0.15) is 5.52 Å². The molecule has 3 rings (SSSR count). The quantitative estimate of drug-likeness (QED) is 0.778. The number of nitrogens with zero attached hydrogens (tertiary/aromatic N) is 1. The van der Waals surface area contributed by atoms with Crippen LogP contribution in [0.2, 0.25) is 0 Å².